The summed E-state index contributed by atoms with van der Waals surface area (Å²) < 4.78 is 0. The molecule has 0 saturated heterocycles. The van der Waals surface area contributed by atoms with Crippen LogP contribution in [0, 0.1) is 5.41 Å². The molecule has 1 fully saturated rings. The smallest absolute Gasteiger partial charge is 0.229 e. The third kappa shape index (κ3) is 1.98. The van der Waals surface area contributed by atoms with Gasteiger partial charge in [0.1, 0.15) is 0 Å². The van der Waals surface area contributed by atoms with Crippen molar-refractivity contribution in [3.8, 4) is 0 Å². The lowest BCUT2D eigenvalue weighted by Crippen LogP contribution is -2.41. The molecule has 1 unspecified atom stereocenters. The van der Waals surface area contributed by atoms with E-state index in [0.717, 1.165) is 24.3 Å². The van der Waals surface area contributed by atoms with E-state index in [1.54, 1.807) is 0 Å². The number of benzene rings is 1. The Hall–Kier alpha value is -1.51. The van der Waals surface area contributed by atoms with Gasteiger partial charge in [-0.25, -0.2) is 0 Å². The van der Waals surface area contributed by atoms with Crippen LogP contribution in [0.4, 0.5) is 5.69 Å². The van der Waals surface area contributed by atoms with Crippen LogP contribution >= 0.6 is 0 Å². The number of nitrogens with one attached hydrogen (secondary N) is 2. The highest BCUT2D eigenvalue weighted by molar-refractivity contribution is 5.88. The average molecular weight is 244 g/mol. The van der Waals surface area contributed by atoms with Crippen molar-refractivity contribution in [2.45, 2.75) is 32.1 Å². The van der Waals surface area contributed by atoms with Gasteiger partial charge in [-0.05, 0) is 29.9 Å². The maximum Gasteiger partial charge on any atom is 0.229 e. The van der Waals surface area contributed by atoms with Crippen LogP contribution in [-0.2, 0) is 4.79 Å². The Balaban J connectivity index is 1.64. The largest absolute Gasteiger partial charge is 0.384 e. The van der Waals surface area contributed by atoms with Crippen LogP contribution in [-0.4, -0.2) is 19.0 Å². The van der Waals surface area contributed by atoms with E-state index in [1.165, 1.54) is 19.3 Å². The summed E-state index contributed by atoms with van der Waals surface area (Å²) in [4.78, 5) is 12.2. The lowest BCUT2D eigenvalue weighted by molar-refractivity contribution is -0.122. The first-order valence-corrected chi connectivity index (χ1v) is 6.78. The van der Waals surface area contributed by atoms with Crippen molar-refractivity contribution in [1.82, 2.24) is 5.32 Å². The summed E-state index contributed by atoms with van der Waals surface area (Å²) in [6.45, 7) is 3.81. The quantitative estimate of drug-likeness (QED) is 0.857. The van der Waals surface area contributed by atoms with E-state index in [0.29, 0.717) is 5.41 Å². The second-order valence-corrected chi connectivity index (χ2v) is 5.90. The molecule has 3 heteroatoms. The molecule has 1 saturated carbocycles. The summed E-state index contributed by atoms with van der Waals surface area (Å²) in [5.41, 5.74) is 2.59. The van der Waals surface area contributed by atoms with E-state index >= 15 is 0 Å². The molecule has 1 aliphatic carbocycles. The number of carbonyl (C=O) groups is 1. The molecule has 1 atom stereocenters. The van der Waals surface area contributed by atoms with Crippen LogP contribution in [0.5, 0.6) is 0 Å². The van der Waals surface area contributed by atoms with Crippen LogP contribution in [0.15, 0.2) is 24.3 Å². The highest BCUT2D eigenvalue weighted by Crippen LogP contribution is 2.39. The molecule has 1 heterocycles. The topological polar surface area (TPSA) is 41.1 Å². The fourth-order valence-electron chi connectivity index (χ4n) is 2.90. The third-order valence-corrected chi connectivity index (χ3v) is 4.40. The normalized spacial score (nSPS) is 23.7. The Morgan fingerprint density at radius 3 is 2.94 bits per heavy atom. The van der Waals surface area contributed by atoms with Crippen molar-refractivity contribution in [2.75, 3.05) is 18.4 Å². The van der Waals surface area contributed by atoms with Crippen LogP contribution < -0.4 is 10.6 Å². The van der Waals surface area contributed by atoms with Crippen molar-refractivity contribution in [2.24, 2.45) is 5.41 Å². The molecule has 0 bridgehead atoms. The minimum atomic E-state index is -0.0233. The molecule has 0 spiro atoms. The number of fused-ring (bicyclic) bond motifs is 1. The van der Waals surface area contributed by atoms with Gasteiger partial charge in [-0.3, -0.25) is 4.79 Å². The van der Waals surface area contributed by atoms with Gasteiger partial charge in [0, 0.05) is 18.8 Å². The van der Waals surface area contributed by atoms with E-state index in [9.17, 15) is 4.79 Å². The number of anilines is 1. The number of hydrogen-bond donors (Lipinski definition) is 2. The standard InChI is InChI=1S/C15H20N2O/c1-15(7-4-8-15)10-17-14(18)12-9-16-13-6-3-2-5-11(12)13/h2-3,5-6,12,16H,4,7-10H2,1H3,(H,17,18). The zero-order valence-electron chi connectivity index (χ0n) is 10.8. The van der Waals surface area contributed by atoms with E-state index in [-0.39, 0.29) is 11.8 Å². The molecule has 1 aliphatic heterocycles. The minimum absolute atomic E-state index is 0.0233. The summed E-state index contributed by atoms with van der Waals surface area (Å²) in [6.07, 6.45) is 3.79. The van der Waals surface area contributed by atoms with E-state index < -0.39 is 0 Å². The zero-order valence-corrected chi connectivity index (χ0v) is 10.8. The molecule has 0 radical (unpaired) electrons. The van der Waals surface area contributed by atoms with Gasteiger partial charge >= 0.3 is 0 Å². The first-order valence-electron chi connectivity index (χ1n) is 6.78. The van der Waals surface area contributed by atoms with Crippen LogP contribution in [0.2, 0.25) is 0 Å². The second-order valence-electron chi connectivity index (χ2n) is 5.90. The summed E-state index contributed by atoms with van der Waals surface area (Å²) in [5.74, 6) is 0.144. The molecular formula is C15H20N2O. The predicted molar refractivity (Wildman–Crippen MR) is 72.6 cm³/mol. The lowest BCUT2D eigenvalue weighted by Gasteiger charge is -2.38. The van der Waals surface area contributed by atoms with Crippen molar-refractivity contribution < 1.29 is 4.79 Å². The molecule has 3 nitrogen and oxygen atoms in total. The van der Waals surface area contributed by atoms with Gasteiger partial charge < -0.3 is 10.6 Å². The SMILES string of the molecule is CC1(CNC(=O)C2CNc3ccccc32)CCC1. The zero-order chi connectivity index (χ0) is 12.6. The van der Waals surface area contributed by atoms with Crippen molar-refractivity contribution in [3.05, 3.63) is 29.8 Å². The fraction of sp³-hybridized carbons (Fsp3) is 0.533. The fourth-order valence-corrected chi connectivity index (χ4v) is 2.90. The van der Waals surface area contributed by atoms with Crippen LogP contribution in [0.1, 0.15) is 37.7 Å². The Morgan fingerprint density at radius 2 is 2.22 bits per heavy atom. The average Bonchev–Trinajstić information content (AvgIpc) is 2.77. The summed E-state index contributed by atoms with van der Waals surface area (Å²) in [6, 6.07) is 8.08. The number of para-hydroxylation sites is 1. The van der Waals surface area contributed by atoms with Gasteiger partial charge in [0.05, 0.1) is 5.92 Å². The highest BCUT2D eigenvalue weighted by Gasteiger charge is 2.34. The maximum absolute atomic E-state index is 12.2. The second kappa shape index (κ2) is 4.30. The van der Waals surface area contributed by atoms with Crippen molar-refractivity contribution >= 4 is 11.6 Å². The third-order valence-electron chi connectivity index (χ3n) is 4.40. The van der Waals surface area contributed by atoms with Crippen molar-refractivity contribution in [3.63, 3.8) is 0 Å². The molecule has 1 amide bonds. The molecule has 2 N–H and O–H groups in total. The molecule has 96 valence electrons. The summed E-state index contributed by atoms with van der Waals surface area (Å²) >= 11 is 0. The lowest BCUT2D eigenvalue weighted by atomic mass is 9.70. The Morgan fingerprint density at radius 1 is 1.44 bits per heavy atom. The van der Waals surface area contributed by atoms with Crippen molar-refractivity contribution in [1.29, 1.82) is 0 Å². The molecular weight excluding hydrogens is 224 g/mol. The summed E-state index contributed by atoms with van der Waals surface area (Å²) in [7, 11) is 0. The van der Waals surface area contributed by atoms with Gasteiger partial charge in [-0.2, -0.15) is 0 Å². The van der Waals surface area contributed by atoms with Gasteiger partial charge in [0.15, 0.2) is 0 Å². The first-order chi connectivity index (χ1) is 8.68. The van der Waals surface area contributed by atoms with Crippen LogP contribution in [0.25, 0.3) is 0 Å². The molecule has 18 heavy (non-hydrogen) atoms. The monoisotopic (exact) mass is 244 g/mol. The molecule has 1 aromatic rings. The predicted octanol–water partition coefficient (Wildman–Crippen LogP) is 2.50. The molecule has 1 aromatic carbocycles. The van der Waals surface area contributed by atoms with Gasteiger partial charge in [0.25, 0.3) is 0 Å². The van der Waals surface area contributed by atoms with Gasteiger partial charge in [0.2, 0.25) is 5.91 Å². The van der Waals surface area contributed by atoms with Gasteiger partial charge in [-0.1, -0.05) is 31.5 Å². The molecule has 3 rings (SSSR count). The Bertz CT molecular complexity index is 465. The minimum Gasteiger partial charge on any atom is -0.384 e. The summed E-state index contributed by atoms with van der Waals surface area (Å²) in [5, 5.41) is 6.42. The Labute approximate surface area is 108 Å². The number of rotatable bonds is 3. The molecule has 0 aromatic heterocycles. The van der Waals surface area contributed by atoms with E-state index in [2.05, 4.69) is 17.6 Å². The number of amides is 1. The number of carbonyl (C=O) groups excluding carboxylic acids is 1. The first kappa shape index (κ1) is 11.6. The number of hydrogen-bond acceptors (Lipinski definition) is 2. The maximum atomic E-state index is 12.2. The van der Waals surface area contributed by atoms with E-state index in [4.69, 9.17) is 0 Å². The van der Waals surface area contributed by atoms with Crippen LogP contribution in [0.3, 0.4) is 0 Å². The highest BCUT2D eigenvalue weighted by atomic mass is 16.1. The Kier molecular flexibility index (Phi) is 2.77. The van der Waals surface area contributed by atoms with E-state index in [1.807, 2.05) is 24.3 Å². The van der Waals surface area contributed by atoms with Gasteiger partial charge in [-0.15, -0.1) is 0 Å². The molecule has 2 aliphatic rings.